The first kappa shape index (κ1) is 11.1. The van der Waals surface area contributed by atoms with Gasteiger partial charge in [-0.2, -0.15) is 0 Å². The summed E-state index contributed by atoms with van der Waals surface area (Å²) in [7, 11) is 0. The Labute approximate surface area is 97.8 Å². The van der Waals surface area contributed by atoms with E-state index >= 15 is 0 Å². The number of aromatic carboxylic acids is 1. The van der Waals surface area contributed by atoms with Crippen LogP contribution in [-0.2, 0) is 0 Å². The highest BCUT2D eigenvalue weighted by atomic mass is 16.4. The number of carbonyl (C=O) groups is 1. The van der Waals surface area contributed by atoms with Crippen molar-refractivity contribution in [3.05, 3.63) is 64.1 Å². The first-order valence-electron chi connectivity index (χ1n) is 5.12. The van der Waals surface area contributed by atoms with Gasteiger partial charge >= 0.3 is 5.97 Å². The van der Waals surface area contributed by atoms with Gasteiger partial charge in [-0.1, -0.05) is 18.2 Å². The first-order chi connectivity index (χ1) is 8.11. The molecule has 0 atom stereocenters. The summed E-state index contributed by atoms with van der Waals surface area (Å²) in [5, 5.41) is 9.01. The lowest BCUT2D eigenvalue weighted by molar-refractivity contribution is 0.0695. The number of carboxylic acids is 1. The summed E-state index contributed by atoms with van der Waals surface area (Å²) in [5.74, 6) is -1.04. The van der Waals surface area contributed by atoms with Crippen LogP contribution < -0.4 is 5.56 Å². The highest BCUT2D eigenvalue weighted by Gasteiger charge is 2.12. The summed E-state index contributed by atoms with van der Waals surface area (Å²) < 4.78 is 1.39. The van der Waals surface area contributed by atoms with Crippen LogP contribution >= 0.6 is 0 Å². The lowest BCUT2D eigenvalue weighted by atomic mass is 10.2. The lowest BCUT2D eigenvalue weighted by Crippen LogP contribution is -2.22. The molecule has 2 rings (SSSR count). The van der Waals surface area contributed by atoms with Gasteiger partial charge in [0.15, 0.2) is 0 Å². The molecule has 0 aliphatic carbocycles. The van der Waals surface area contributed by atoms with Gasteiger partial charge < -0.3 is 5.11 Å². The molecular weight excluding hydrogens is 218 g/mol. The molecule has 86 valence electrons. The number of carboxylic acid groups (broad SMARTS) is 1. The second-order valence-electron chi connectivity index (χ2n) is 3.65. The maximum atomic E-state index is 11.8. The molecule has 0 saturated heterocycles. The quantitative estimate of drug-likeness (QED) is 0.854. The summed E-state index contributed by atoms with van der Waals surface area (Å²) in [6.07, 6.45) is 0. The number of benzene rings is 1. The second kappa shape index (κ2) is 4.25. The van der Waals surface area contributed by atoms with E-state index < -0.39 is 5.97 Å². The Kier molecular flexibility index (Phi) is 2.78. The minimum atomic E-state index is -1.04. The highest BCUT2D eigenvalue weighted by Crippen LogP contribution is 2.11. The van der Waals surface area contributed by atoms with Crippen molar-refractivity contribution < 1.29 is 9.90 Å². The predicted molar refractivity (Wildman–Crippen MR) is 63.7 cm³/mol. The molecule has 4 nitrogen and oxygen atoms in total. The van der Waals surface area contributed by atoms with Gasteiger partial charge in [0.2, 0.25) is 0 Å². The van der Waals surface area contributed by atoms with E-state index in [2.05, 4.69) is 0 Å². The number of pyridine rings is 1. The Morgan fingerprint density at radius 3 is 2.35 bits per heavy atom. The summed E-state index contributed by atoms with van der Waals surface area (Å²) in [6.45, 7) is 1.62. The Morgan fingerprint density at radius 1 is 1.12 bits per heavy atom. The molecule has 1 aromatic heterocycles. The average Bonchev–Trinajstić information content (AvgIpc) is 2.30. The maximum absolute atomic E-state index is 11.8. The number of rotatable bonds is 2. The number of aromatic nitrogens is 1. The zero-order valence-corrected chi connectivity index (χ0v) is 9.25. The topological polar surface area (TPSA) is 59.3 Å². The molecule has 0 spiro atoms. The Balaban J connectivity index is 2.74. The van der Waals surface area contributed by atoms with Crippen molar-refractivity contribution in [2.24, 2.45) is 0 Å². The molecule has 0 unspecified atom stereocenters. The molecule has 4 heteroatoms. The normalized spacial score (nSPS) is 10.2. The predicted octanol–water partition coefficient (Wildman–Crippen LogP) is 1.84. The molecule has 0 saturated carbocycles. The van der Waals surface area contributed by atoms with Crippen molar-refractivity contribution in [1.29, 1.82) is 0 Å². The van der Waals surface area contributed by atoms with E-state index in [0.29, 0.717) is 11.4 Å². The maximum Gasteiger partial charge on any atom is 0.337 e. The van der Waals surface area contributed by atoms with E-state index in [9.17, 15) is 9.59 Å². The molecule has 0 amide bonds. The lowest BCUT2D eigenvalue weighted by Gasteiger charge is -2.11. The van der Waals surface area contributed by atoms with Crippen molar-refractivity contribution >= 4 is 5.97 Å². The van der Waals surface area contributed by atoms with Crippen LogP contribution in [0, 0.1) is 6.92 Å². The third-order valence-electron chi connectivity index (χ3n) is 2.58. The number of hydrogen-bond acceptors (Lipinski definition) is 2. The fraction of sp³-hybridized carbons (Fsp3) is 0.0769. The van der Waals surface area contributed by atoms with Gasteiger partial charge in [0.25, 0.3) is 5.56 Å². The molecule has 0 fully saturated rings. The van der Waals surface area contributed by atoms with Crippen molar-refractivity contribution in [3.63, 3.8) is 0 Å². The molecule has 1 heterocycles. The van der Waals surface area contributed by atoms with E-state index in [-0.39, 0.29) is 11.1 Å². The largest absolute Gasteiger partial charge is 0.478 e. The van der Waals surface area contributed by atoms with E-state index in [4.69, 9.17) is 5.11 Å². The van der Waals surface area contributed by atoms with Crippen molar-refractivity contribution in [3.8, 4) is 5.69 Å². The van der Waals surface area contributed by atoms with E-state index in [1.165, 1.54) is 16.7 Å². The standard InChI is InChI=1S/C13H11NO3/c1-9-11(13(16)17)7-8-12(15)14(9)10-5-3-2-4-6-10/h2-8H,1H3,(H,16,17). The molecule has 1 aromatic carbocycles. The molecule has 0 aliphatic rings. The minimum Gasteiger partial charge on any atom is -0.478 e. The van der Waals surface area contributed by atoms with Gasteiger partial charge in [-0.15, -0.1) is 0 Å². The first-order valence-corrected chi connectivity index (χ1v) is 5.12. The summed E-state index contributed by atoms with van der Waals surface area (Å²) in [6, 6.07) is 11.6. The van der Waals surface area contributed by atoms with Crippen molar-refractivity contribution in [2.45, 2.75) is 6.92 Å². The van der Waals surface area contributed by atoms with Crippen LogP contribution in [0.4, 0.5) is 0 Å². The van der Waals surface area contributed by atoms with Gasteiger partial charge in [0.05, 0.1) is 5.56 Å². The van der Waals surface area contributed by atoms with Gasteiger partial charge in [-0.3, -0.25) is 9.36 Å². The molecule has 2 aromatic rings. The zero-order valence-electron chi connectivity index (χ0n) is 9.25. The van der Waals surface area contributed by atoms with Crippen molar-refractivity contribution in [1.82, 2.24) is 4.57 Å². The van der Waals surface area contributed by atoms with Gasteiger partial charge in [0.1, 0.15) is 0 Å². The fourth-order valence-electron chi connectivity index (χ4n) is 1.76. The summed E-state index contributed by atoms with van der Waals surface area (Å²) in [4.78, 5) is 22.8. The van der Waals surface area contributed by atoms with Crippen LogP contribution in [0.2, 0.25) is 0 Å². The Hall–Kier alpha value is -2.36. The smallest absolute Gasteiger partial charge is 0.337 e. The monoisotopic (exact) mass is 229 g/mol. The van der Waals surface area contributed by atoms with E-state index in [1.54, 1.807) is 31.2 Å². The molecule has 1 N–H and O–H groups in total. The van der Waals surface area contributed by atoms with Gasteiger partial charge in [0, 0.05) is 17.4 Å². The van der Waals surface area contributed by atoms with E-state index in [0.717, 1.165) is 0 Å². The summed E-state index contributed by atoms with van der Waals surface area (Å²) >= 11 is 0. The van der Waals surface area contributed by atoms with Crippen LogP contribution in [-0.4, -0.2) is 15.6 Å². The third-order valence-corrected chi connectivity index (χ3v) is 2.58. The number of hydrogen-bond donors (Lipinski definition) is 1. The van der Waals surface area contributed by atoms with Crippen LogP contribution in [0.3, 0.4) is 0 Å². The second-order valence-corrected chi connectivity index (χ2v) is 3.65. The summed E-state index contributed by atoms with van der Waals surface area (Å²) in [5.41, 5.74) is 0.987. The molecule has 0 bridgehead atoms. The van der Waals surface area contributed by atoms with Crippen LogP contribution in [0.25, 0.3) is 5.69 Å². The Bertz CT molecular complexity index is 614. The van der Waals surface area contributed by atoms with Crippen LogP contribution in [0.15, 0.2) is 47.3 Å². The fourth-order valence-corrected chi connectivity index (χ4v) is 1.76. The van der Waals surface area contributed by atoms with Crippen LogP contribution in [0.5, 0.6) is 0 Å². The van der Waals surface area contributed by atoms with Gasteiger partial charge in [-0.05, 0) is 25.1 Å². The van der Waals surface area contributed by atoms with Gasteiger partial charge in [-0.25, -0.2) is 4.79 Å². The third kappa shape index (κ3) is 1.97. The molecule has 17 heavy (non-hydrogen) atoms. The zero-order chi connectivity index (χ0) is 12.4. The minimum absolute atomic E-state index is 0.133. The molecular formula is C13H11NO3. The highest BCUT2D eigenvalue weighted by molar-refractivity contribution is 5.88. The SMILES string of the molecule is Cc1c(C(=O)O)ccc(=O)n1-c1ccccc1. The average molecular weight is 229 g/mol. The van der Waals surface area contributed by atoms with Crippen LogP contribution in [0.1, 0.15) is 16.1 Å². The molecule has 0 aliphatic heterocycles. The number of para-hydroxylation sites is 1. The van der Waals surface area contributed by atoms with E-state index in [1.807, 2.05) is 6.07 Å². The Morgan fingerprint density at radius 2 is 1.76 bits per heavy atom. The van der Waals surface area contributed by atoms with Crippen molar-refractivity contribution in [2.75, 3.05) is 0 Å². The molecule has 0 radical (unpaired) electrons. The number of nitrogens with zero attached hydrogens (tertiary/aromatic N) is 1.